The molecular formula is C14H13BrN2O2. The van der Waals surface area contributed by atoms with Crippen LogP contribution >= 0.6 is 15.9 Å². The molecule has 19 heavy (non-hydrogen) atoms. The van der Waals surface area contributed by atoms with E-state index in [4.69, 9.17) is 15.7 Å². The first-order valence-electron chi connectivity index (χ1n) is 5.62. The molecule has 98 valence electrons. The lowest BCUT2D eigenvalue weighted by Gasteiger charge is -2.11. The van der Waals surface area contributed by atoms with Gasteiger partial charge in [0.05, 0.1) is 4.47 Å². The molecular weight excluding hydrogens is 308 g/mol. The average Bonchev–Trinajstić information content (AvgIpc) is 2.42. The molecule has 0 saturated carbocycles. The number of aryl methyl sites for hydroxylation is 1. The predicted octanol–water partition coefficient (Wildman–Crippen LogP) is 3.64. The largest absolute Gasteiger partial charge is 0.456 e. The van der Waals surface area contributed by atoms with Crippen molar-refractivity contribution in [1.82, 2.24) is 0 Å². The van der Waals surface area contributed by atoms with Crippen molar-refractivity contribution >= 4 is 21.8 Å². The normalized spacial score (nSPS) is 11.4. The van der Waals surface area contributed by atoms with Crippen LogP contribution < -0.4 is 10.5 Å². The molecule has 0 bridgehead atoms. The summed E-state index contributed by atoms with van der Waals surface area (Å²) in [5, 5.41) is 11.6. The third kappa shape index (κ3) is 3.06. The monoisotopic (exact) mass is 320 g/mol. The van der Waals surface area contributed by atoms with E-state index in [2.05, 4.69) is 21.1 Å². The number of para-hydroxylation sites is 1. The summed E-state index contributed by atoms with van der Waals surface area (Å²) in [5.41, 5.74) is 7.10. The minimum Gasteiger partial charge on any atom is -0.456 e. The average molecular weight is 321 g/mol. The summed E-state index contributed by atoms with van der Waals surface area (Å²) in [4.78, 5) is 0. The number of hydrogen-bond donors (Lipinski definition) is 2. The van der Waals surface area contributed by atoms with Gasteiger partial charge in [-0.3, -0.25) is 0 Å². The Kier molecular flexibility index (Phi) is 4.06. The molecule has 0 atom stereocenters. The van der Waals surface area contributed by atoms with Gasteiger partial charge in [-0.15, -0.1) is 0 Å². The van der Waals surface area contributed by atoms with E-state index in [1.807, 2.05) is 31.2 Å². The number of oxime groups is 1. The molecule has 0 saturated heterocycles. The third-order valence-corrected chi connectivity index (χ3v) is 3.29. The van der Waals surface area contributed by atoms with Crippen molar-refractivity contribution in [3.63, 3.8) is 0 Å². The Bertz CT molecular complexity index is 627. The molecule has 0 unspecified atom stereocenters. The maximum absolute atomic E-state index is 8.65. The van der Waals surface area contributed by atoms with Crippen LogP contribution in [-0.4, -0.2) is 11.0 Å². The molecule has 2 rings (SSSR count). The van der Waals surface area contributed by atoms with Crippen molar-refractivity contribution in [1.29, 1.82) is 0 Å². The number of halogens is 1. The SMILES string of the molecule is Cc1cc(/C(N)=N/O)ccc1Oc1ccccc1Br. The Balaban J connectivity index is 2.30. The van der Waals surface area contributed by atoms with Crippen molar-refractivity contribution in [2.45, 2.75) is 6.92 Å². The summed E-state index contributed by atoms with van der Waals surface area (Å²) >= 11 is 3.43. The minimum absolute atomic E-state index is 0.0792. The van der Waals surface area contributed by atoms with Crippen molar-refractivity contribution in [2.24, 2.45) is 10.9 Å². The number of rotatable bonds is 3. The first-order valence-corrected chi connectivity index (χ1v) is 6.42. The second kappa shape index (κ2) is 5.75. The van der Waals surface area contributed by atoms with E-state index < -0.39 is 0 Å². The zero-order valence-electron chi connectivity index (χ0n) is 10.3. The number of hydrogen-bond acceptors (Lipinski definition) is 3. The highest BCUT2D eigenvalue weighted by Crippen LogP contribution is 2.31. The quantitative estimate of drug-likeness (QED) is 0.392. The molecule has 0 amide bonds. The Morgan fingerprint density at radius 2 is 1.95 bits per heavy atom. The van der Waals surface area contributed by atoms with Crippen LogP contribution in [0.25, 0.3) is 0 Å². The van der Waals surface area contributed by atoms with Crippen molar-refractivity contribution in [2.75, 3.05) is 0 Å². The van der Waals surface area contributed by atoms with Crippen LogP contribution in [-0.2, 0) is 0 Å². The Morgan fingerprint density at radius 1 is 1.21 bits per heavy atom. The van der Waals surface area contributed by atoms with E-state index >= 15 is 0 Å². The lowest BCUT2D eigenvalue weighted by Crippen LogP contribution is -2.13. The van der Waals surface area contributed by atoms with Gasteiger partial charge in [-0.1, -0.05) is 17.3 Å². The predicted molar refractivity (Wildman–Crippen MR) is 77.9 cm³/mol. The summed E-state index contributed by atoms with van der Waals surface area (Å²) in [5.74, 6) is 1.54. The fourth-order valence-corrected chi connectivity index (χ4v) is 1.99. The van der Waals surface area contributed by atoms with Crippen molar-refractivity contribution in [3.8, 4) is 11.5 Å². The van der Waals surface area contributed by atoms with Gasteiger partial charge in [-0.25, -0.2) is 0 Å². The second-order valence-electron chi connectivity index (χ2n) is 4.00. The standard InChI is InChI=1S/C14H13BrN2O2/c1-9-8-10(14(16)17-18)6-7-12(9)19-13-5-3-2-4-11(13)15/h2-8,18H,1H3,(H2,16,17). The van der Waals surface area contributed by atoms with Crippen LogP contribution in [0.4, 0.5) is 0 Å². The molecule has 0 fully saturated rings. The van der Waals surface area contributed by atoms with E-state index in [1.165, 1.54) is 0 Å². The maximum Gasteiger partial charge on any atom is 0.170 e. The summed E-state index contributed by atoms with van der Waals surface area (Å²) in [6.07, 6.45) is 0. The van der Waals surface area contributed by atoms with Crippen molar-refractivity contribution < 1.29 is 9.94 Å². The van der Waals surface area contributed by atoms with Gasteiger partial charge in [0, 0.05) is 5.56 Å². The molecule has 0 spiro atoms. The van der Waals surface area contributed by atoms with Crippen LogP contribution in [0.5, 0.6) is 11.5 Å². The number of benzene rings is 2. The Labute approximate surface area is 119 Å². The van der Waals surface area contributed by atoms with Gasteiger partial charge in [0.2, 0.25) is 0 Å². The van der Waals surface area contributed by atoms with E-state index in [0.29, 0.717) is 5.56 Å². The van der Waals surface area contributed by atoms with Crippen LogP contribution in [0.1, 0.15) is 11.1 Å². The van der Waals surface area contributed by atoms with Gasteiger partial charge in [0.15, 0.2) is 5.84 Å². The highest BCUT2D eigenvalue weighted by Gasteiger charge is 2.07. The van der Waals surface area contributed by atoms with Gasteiger partial charge in [-0.2, -0.15) is 0 Å². The fourth-order valence-electron chi connectivity index (χ4n) is 1.63. The van der Waals surface area contributed by atoms with Gasteiger partial charge in [0.1, 0.15) is 11.5 Å². The summed E-state index contributed by atoms with van der Waals surface area (Å²) in [7, 11) is 0. The molecule has 0 aliphatic rings. The highest BCUT2D eigenvalue weighted by molar-refractivity contribution is 9.10. The fraction of sp³-hybridized carbons (Fsp3) is 0.0714. The van der Waals surface area contributed by atoms with E-state index in [1.54, 1.807) is 18.2 Å². The van der Waals surface area contributed by atoms with E-state index in [-0.39, 0.29) is 5.84 Å². The van der Waals surface area contributed by atoms with Crippen LogP contribution in [0.2, 0.25) is 0 Å². The highest BCUT2D eigenvalue weighted by atomic mass is 79.9. The molecule has 0 aliphatic heterocycles. The first kappa shape index (κ1) is 13.4. The maximum atomic E-state index is 8.65. The number of ether oxygens (including phenoxy) is 1. The van der Waals surface area contributed by atoms with E-state index in [9.17, 15) is 0 Å². The minimum atomic E-state index is 0.0792. The molecule has 2 aromatic rings. The molecule has 0 radical (unpaired) electrons. The van der Waals surface area contributed by atoms with Crippen LogP contribution in [0.15, 0.2) is 52.1 Å². The Morgan fingerprint density at radius 3 is 2.58 bits per heavy atom. The van der Waals surface area contributed by atoms with Gasteiger partial charge in [-0.05, 0) is 58.7 Å². The summed E-state index contributed by atoms with van der Waals surface area (Å²) in [6, 6.07) is 13.0. The Hall–Kier alpha value is -2.01. The second-order valence-corrected chi connectivity index (χ2v) is 4.85. The number of nitrogens with two attached hydrogens (primary N) is 1. The zero-order valence-corrected chi connectivity index (χ0v) is 11.9. The first-order chi connectivity index (χ1) is 9.11. The summed E-state index contributed by atoms with van der Waals surface area (Å²) < 4.78 is 6.70. The lowest BCUT2D eigenvalue weighted by atomic mass is 10.1. The van der Waals surface area contributed by atoms with Crippen LogP contribution in [0.3, 0.4) is 0 Å². The summed E-state index contributed by atoms with van der Waals surface area (Å²) in [6.45, 7) is 1.90. The number of amidine groups is 1. The lowest BCUT2D eigenvalue weighted by molar-refractivity contribution is 0.318. The molecule has 0 aromatic heterocycles. The van der Waals surface area contributed by atoms with Gasteiger partial charge < -0.3 is 15.7 Å². The van der Waals surface area contributed by atoms with Gasteiger partial charge >= 0.3 is 0 Å². The molecule has 4 nitrogen and oxygen atoms in total. The molecule has 5 heteroatoms. The smallest absolute Gasteiger partial charge is 0.170 e. The van der Waals surface area contributed by atoms with Crippen molar-refractivity contribution in [3.05, 3.63) is 58.1 Å². The zero-order chi connectivity index (χ0) is 13.8. The van der Waals surface area contributed by atoms with Gasteiger partial charge in [0.25, 0.3) is 0 Å². The van der Waals surface area contributed by atoms with Crippen LogP contribution in [0, 0.1) is 6.92 Å². The topological polar surface area (TPSA) is 67.8 Å². The third-order valence-electron chi connectivity index (χ3n) is 2.64. The molecule has 2 aromatic carbocycles. The van der Waals surface area contributed by atoms with E-state index in [0.717, 1.165) is 21.5 Å². The molecule has 3 N–H and O–H groups in total. The molecule has 0 aliphatic carbocycles. The molecule has 0 heterocycles. The number of nitrogens with zero attached hydrogens (tertiary/aromatic N) is 1.